The summed E-state index contributed by atoms with van der Waals surface area (Å²) in [7, 11) is 0. The van der Waals surface area contributed by atoms with Gasteiger partial charge in [0.05, 0.1) is 0 Å². The van der Waals surface area contributed by atoms with Gasteiger partial charge in [0, 0.05) is 12.2 Å². The third-order valence-corrected chi connectivity index (χ3v) is 1.48. The molecule has 0 spiro atoms. The van der Waals surface area contributed by atoms with Gasteiger partial charge in [-0.1, -0.05) is 11.6 Å². The van der Waals surface area contributed by atoms with Gasteiger partial charge in [-0.15, -0.1) is 0 Å². The fourth-order valence-corrected chi connectivity index (χ4v) is 0.883. The Morgan fingerprint density at radius 3 is 2.80 bits per heavy atom. The molecule has 0 fully saturated rings. The standard InChI is InChI=1S/C7H9ClN2/c1-5(9)6-2-3-10-7(8)4-6/h2-5H,9H2,1H3/t5-/m1/s1. The normalized spacial score (nSPS) is 13.1. The van der Waals surface area contributed by atoms with Crippen molar-refractivity contribution in [2.45, 2.75) is 13.0 Å². The van der Waals surface area contributed by atoms with Crippen molar-refractivity contribution in [1.29, 1.82) is 0 Å². The average Bonchev–Trinajstić information content (AvgIpc) is 1.88. The van der Waals surface area contributed by atoms with Gasteiger partial charge in [0.2, 0.25) is 0 Å². The van der Waals surface area contributed by atoms with Gasteiger partial charge in [0.15, 0.2) is 0 Å². The van der Waals surface area contributed by atoms with E-state index >= 15 is 0 Å². The van der Waals surface area contributed by atoms with Crippen molar-refractivity contribution < 1.29 is 0 Å². The molecule has 0 aliphatic heterocycles. The molecule has 0 saturated carbocycles. The molecule has 0 saturated heterocycles. The molecule has 0 unspecified atom stereocenters. The first kappa shape index (κ1) is 7.51. The molecule has 1 atom stereocenters. The highest BCUT2D eigenvalue weighted by Gasteiger charge is 1.98. The summed E-state index contributed by atoms with van der Waals surface area (Å²) >= 11 is 5.62. The summed E-state index contributed by atoms with van der Waals surface area (Å²) in [5.41, 5.74) is 6.61. The van der Waals surface area contributed by atoms with E-state index in [1.54, 1.807) is 12.3 Å². The maximum absolute atomic E-state index is 5.62. The Kier molecular flexibility index (Phi) is 2.25. The zero-order valence-corrected chi connectivity index (χ0v) is 6.47. The number of aromatic nitrogens is 1. The van der Waals surface area contributed by atoms with Gasteiger partial charge in [-0.3, -0.25) is 0 Å². The van der Waals surface area contributed by atoms with Crippen LogP contribution in [0.4, 0.5) is 0 Å². The fraction of sp³-hybridized carbons (Fsp3) is 0.286. The largest absolute Gasteiger partial charge is 0.324 e. The van der Waals surface area contributed by atoms with Gasteiger partial charge >= 0.3 is 0 Å². The van der Waals surface area contributed by atoms with E-state index in [-0.39, 0.29) is 6.04 Å². The number of rotatable bonds is 1. The topological polar surface area (TPSA) is 38.9 Å². The zero-order valence-electron chi connectivity index (χ0n) is 5.71. The van der Waals surface area contributed by atoms with Gasteiger partial charge in [-0.2, -0.15) is 0 Å². The molecule has 0 amide bonds. The monoisotopic (exact) mass is 156 g/mol. The van der Waals surface area contributed by atoms with Crippen molar-refractivity contribution >= 4 is 11.6 Å². The summed E-state index contributed by atoms with van der Waals surface area (Å²) in [6.45, 7) is 1.91. The number of pyridine rings is 1. The number of hydrogen-bond acceptors (Lipinski definition) is 2. The molecule has 0 bridgehead atoms. The molecule has 10 heavy (non-hydrogen) atoms. The van der Waals surface area contributed by atoms with Gasteiger partial charge in [-0.05, 0) is 24.6 Å². The van der Waals surface area contributed by atoms with Gasteiger partial charge in [-0.25, -0.2) is 4.98 Å². The van der Waals surface area contributed by atoms with E-state index < -0.39 is 0 Å². The fourth-order valence-electron chi connectivity index (χ4n) is 0.701. The second-order valence-corrected chi connectivity index (χ2v) is 2.59. The second-order valence-electron chi connectivity index (χ2n) is 2.20. The third kappa shape index (κ3) is 1.69. The van der Waals surface area contributed by atoms with E-state index in [4.69, 9.17) is 17.3 Å². The Hall–Kier alpha value is -0.600. The van der Waals surface area contributed by atoms with Crippen LogP contribution in [0.15, 0.2) is 18.3 Å². The third-order valence-electron chi connectivity index (χ3n) is 1.28. The highest BCUT2D eigenvalue weighted by Crippen LogP contribution is 2.12. The lowest BCUT2D eigenvalue weighted by molar-refractivity contribution is 0.815. The zero-order chi connectivity index (χ0) is 7.56. The minimum absolute atomic E-state index is 0.0282. The molecule has 0 aliphatic carbocycles. The summed E-state index contributed by atoms with van der Waals surface area (Å²) in [6.07, 6.45) is 1.65. The molecule has 2 nitrogen and oxygen atoms in total. The summed E-state index contributed by atoms with van der Waals surface area (Å²) in [6, 6.07) is 3.66. The maximum atomic E-state index is 5.62. The summed E-state index contributed by atoms with van der Waals surface area (Å²) in [5, 5.41) is 0.495. The molecule has 3 heteroatoms. The lowest BCUT2D eigenvalue weighted by atomic mass is 10.1. The minimum atomic E-state index is 0.0282. The van der Waals surface area contributed by atoms with E-state index in [0.29, 0.717) is 5.15 Å². The van der Waals surface area contributed by atoms with Crippen LogP contribution in [0, 0.1) is 0 Å². The van der Waals surface area contributed by atoms with Crippen molar-refractivity contribution in [3.05, 3.63) is 29.0 Å². The molecule has 1 aromatic rings. The van der Waals surface area contributed by atoms with E-state index in [9.17, 15) is 0 Å². The van der Waals surface area contributed by atoms with E-state index in [1.165, 1.54) is 0 Å². The van der Waals surface area contributed by atoms with Crippen LogP contribution in [0.2, 0.25) is 5.15 Å². The van der Waals surface area contributed by atoms with Crippen LogP contribution in [0.5, 0.6) is 0 Å². The number of hydrogen-bond donors (Lipinski definition) is 1. The Labute approximate surface area is 65.0 Å². The van der Waals surface area contributed by atoms with Crippen molar-refractivity contribution in [2.75, 3.05) is 0 Å². The van der Waals surface area contributed by atoms with Crippen LogP contribution in [-0.2, 0) is 0 Å². The molecule has 1 heterocycles. The van der Waals surface area contributed by atoms with Gasteiger partial charge in [0.25, 0.3) is 0 Å². The minimum Gasteiger partial charge on any atom is -0.324 e. The number of halogens is 1. The molecule has 0 aliphatic rings. The Morgan fingerprint density at radius 2 is 2.40 bits per heavy atom. The van der Waals surface area contributed by atoms with Crippen LogP contribution >= 0.6 is 11.6 Å². The Balaban J connectivity index is 2.96. The smallest absolute Gasteiger partial charge is 0.129 e. The first-order valence-corrected chi connectivity index (χ1v) is 3.45. The van der Waals surface area contributed by atoms with Gasteiger partial charge in [0.1, 0.15) is 5.15 Å². The van der Waals surface area contributed by atoms with Crippen molar-refractivity contribution in [1.82, 2.24) is 4.98 Å². The highest BCUT2D eigenvalue weighted by atomic mass is 35.5. The van der Waals surface area contributed by atoms with Crippen molar-refractivity contribution in [2.24, 2.45) is 5.73 Å². The molecule has 2 N–H and O–H groups in total. The van der Waals surface area contributed by atoms with Crippen molar-refractivity contribution in [3.8, 4) is 0 Å². The molecular formula is C7H9ClN2. The first-order chi connectivity index (χ1) is 4.70. The van der Waals surface area contributed by atoms with Crippen LogP contribution in [-0.4, -0.2) is 4.98 Å². The van der Waals surface area contributed by atoms with Gasteiger partial charge < -0.3 is 5.73 Å². The lowest BCUT2D eigenvalue weighted by Gasteiger charge is -2.03. The lowest BCUT2D eigenvalue weighted by Crippen LogP contribution is -2.04. The molecule has 1 aromatic heterocycles. The van der Waals surface area contributed by atoms with Crippen LogP contribution in [0.25, 0.3) is 0 Å². The number of nitrogens with two attached hydrogens (primary N) is 1. The molecular weight excluding hydrogens is 148 g/mol. The highest BCUT2D eigenvalue weighted by molar-refractivity contribution is 6.29. The van der Waals surface area contributed by atoms with Crippen LogP contribution in [0.3, 0.4) is 0 Å². The average molecular weight is 157 g/mol. The quantitative estimate of drug-likeness (QED) is 0.630. The SMILES string of the molecule is C[C@@H](N)c1ccnc(Cl)c1. The van der Waals surface area contributed by atoms with Crippen LogP contribution in [0.1, 0.15) is 18.5 Å². The Bertz CT molecular complexity index is 223. The molecule has 54 valence electrons. The molecule has 1 rings (SSSR count). The molecule has 0 aromatic carbocycles. The van der Waals surface area contributed by atoms with Crippen LogP contribution < -0.4 is 5.73 Å². The first-order valence-electron chi connectivity index (χ1n) is 3.07. The Morgan fingerprint density at radius 1 is 1.70 bits per heavy atom. The summed E-state index contributed by atoms with van der Waals surface area (Å²) in [4.78, 5) is 3.83. The summed E-state index contributed by atoms with van der Waals surface area (Å²) < 4.78 is 0. The number of nitrogens with zero attached hydrogens (tertiary/aromatic N) is 1. The van der Waals surface area contributed by atoms with E-state index in [1.807, 2.05) is 13.0 Å². The maximum Gasteiger partial charge on any atom is 0.129 e. The van der Waals surface area contributed by atoms with E-state index in [2.05, 4.69) is 4.98 Å². The predicted octanol–water partition coefficient (Wildman–Crippen LogP) is 1.75. The van der Waals surface area contributed by atoms with E-state index in [0.717, 1.165) is 5.56 Å². The predicted molar refractivity (Wildman–Crippen MR) is 41.8 cm³/mol. The summed E-state index contributed by atoms with van der Waals surface area (Å²) in [5.74, 6) is 0. The molecule has 0 radical (unpaired) electrons. The van der Waals surface area contributed by atoms with Crippen molar-refractivity contribution in [3.63, 3.8) is 0 Å². The second kappa shape index (κ2) is 2.99.